The summed E-state index contributed by atoms with van der Waals surface area (Å²) in [6.07, 6.45) is 2.86. The monoisotopic (exact) mass is 255 g/mol. The normalized spacial score (nSPS) is 14.6. The van der Waals surface area contributed by atoms with E-state index >= 15 is 0 Å². The van der Waals surface area contributed by atoms with Gasteiger partial charge in [-0.25, -0.2) is 0 Å². The van der Waals surface area contributed by atoms with E-state index in [0.717, 1.165) is 24.8 Å². The molecule has 0 saturated heterocycles. The van der Waals surface area contributed by atoms with E-state index in [1.54, 1.807) is 0 Å². The summed E-state index contributed by atoms with van der Waals surface area (Å²) in [5.74, 6) is 0. The maximum absolute atomic E-state index is 10.1. The van der Waals surface area contributed by atoms with Gasteiger partial charge in [0.25, 0.3) is 0 Å². The second kappa shape index (κ2) is 7.70. The van der Waals surface area contributed by atoms with Crippen molar-refractivity contribution >= 4 is 11.6 Å². The highest BCUT2D eigenvalue weighted by molar-refractivity contribution is 6.31. The van der Waals surface area contributed by atoms with Gasteiger partial charge in [0.15, 0.2) is 0 Å². The van der Waals surface area contributed by atoms with Crippen LogP contribution in [-0.2, 0) is 0 Å². The first kappa shape index (κ1) is 14.5. The van der Waals surface area contributed by atoms with Crippen molar-refractivity contribution in [1.29, 1.82) is 0 Å². The molecular formula is C14H22ClNO. The summed E-state index contributed by atoms with van der Waals surface area (Å²) in [7, 11) is 0. The number of aliphatic hydroxyl groups is 1. The van der Waals surface area contributed by atoms with Gasteiger partial charge in [0.1, 0.15) is 0 Å². The predicted molar refractivity (Wildman–Crippen MR) is 73.4 cm³/mol. The molecule has 2 N–H and O–H groups in total. The molecule has 0 aromatic heterocycles. The average molecular weight is 256 g/mol. The van der Waals surface area contributed by atoms with Crippen molar-refractivity contribution in [2.24, 2.45) is 0 Å². The summed E-state index contributed by atoms with van der Waals surface area (Å²) in [5.41, 5.74) is 0.799. The van der Waals surface area contributed by atoms with E-state index in [1.165, 1.54) is 0 Å². The minimum absolute atomic E-state index is 0.483. The van der Waals surface area contributed by atoms with Gasteiger partial charge in [-0.05, 0) is 18.9 Å². The van der Waals surface area contributed by atoms with Crippen LogP contribution < -0.4 is 5.32 Å². The Balaban J connectivity index is 2.49. The highest BCUT2D eigenvalue weighted by atomic mass is 35.5. The summed E-state index contributed by atoms with van der Waals surface area (Å²) < 4.78 is 0. The highest BCUT2D eigenvalue weighted by Gasteiger charge is 2.12. The van der Waals surface area contributed by atoms with Gasteiger partial charge in [-0.1, -0.05) is 50.1 Å². The van der Waals surface area contributed by atoms with Crippen LogP contribution in [0.5, 0.6) is 0 Å². The molecule has 1 aromatic carbocycles. The number of halogens is 1. The molecule has 2 unspecified atom stereocenters. The lowest BCUT2D eigenvalue weighted by atomic mass is 10.1. The third-order valence-electron chi connectivity index (χ3n) is 2.99. The Morgan fingerprint density at radius 2 is 2.00 bits per heavy atom. The van der Waals surface area contributed by atoms with E-state index in [4.69, 9.17) is 11.6 Å². The fourth-order valence-electron chi connectivity index (χ4n) is 1.93. The molecule has 0 amide bonds. The van der Waals surface area contributed by atoms with Crippen LogP contribution in [0.3, 0.4) is 0 Å². The van der Waals surface area contributed by atoms with Crippen molar-refractivity contribution in [3.63, 3.8) is 0 Å². The van der Waals surface area contributed by atoms with Crippen LogP contribution in [0.2, 0.25) is 5.02 Å². The highest BCUT2D eigenvalue weighted by Crippen LogP contribution is 2.22. The predicted octanol–water partition coefficient (Wildman–Crippen LogP) is 3.54. The quantitative estimate of drug-likeness (QED) is 0.781. The van der Waals surface area contributed by atoms with Gasteiger partial charge >= 0.3 is 0 Å². The number of rotatable bonds is 7. The Bertz CT molecular complexity index is 330. The zero-order valence-electron chi connectivity index (χ0n) is 10.6. The molecule has 1 rings (SSSR count). The fourth-order valence-corrected chi connectivity index (χ4v) is 2.19. The largest absolute Gasteiger partial charge is 0.387 e. The van der Waals surface area contributed by atoms with Crippen LogP contribution >= 0.6 is 11.6 Å². The van der Waals surface area contributed by atoms with Crippen molar-refractivity contribution < 1.29 is 5.11 Å². The third kappa shape index (κ3) is 4.66. The molecule has 96 valence electrons. The number of hydrogen-bond acceptors (Lipinski definition) is 2. The molecule has 2 nitrogen and oxygen atoms in total. The molecule has 0 bridgehead atoms. The van der Waals surface area contributed by atoms with Crippen molar-refractivity contribution in [2.45, 2.75) is 45.3 Å². The Hall–Kier alpha value is -0.570. The Kier molecular flexibility index (Phi) is 6.56. The zero-order valence-corrected chi connectivity index (χ0v) is 11.4. The first-order valence-electron chi connectivity index (χ1n) is 6.34. The van der Waals surface area contributed by atoms with Gasteiger partial charge in [-0.15, -0.1) is 0 Å². The van der Waals surface area contributed by atoms with E-state index in [9.17, 15) is 5.11 Å². The smallest absolute Gasteiger partial charge is 0.0928 e. The third-order valence-corrected chi connectivity index (χ3v) is 3.34. The SMILES string of the molecule is CCCC(CC)NCC(O)c1ccccc1Cl. The molecule has 0 spiro atoms. The first-order valence-corrected chi connectivity index (χ1v) is 6.72. The van der Waals surface area contributed by atoms with Crippen molar-refractivity contribution in [1.82, 2.24) is 5.32 Å². The number of hydrogen-bond donors (Lipinski definition) is 2. The Morgan fingerprint density at radius 3 is 2.59 bits per heavy atom. The van der Waals surface area contributed by atoms with Crippen LogP contribution in [0.4, 0.5) is 0 Å². The lowest BCUT2D eigenvalue weighted by molar-refractivity contribution is 0.168. The van der Waals surface area contributed by atoms with Crippen LogP contribution in [-0.4, -0.2) is 17.7 Å². The number of aliphatic hydroxyl groups excluding tert-OH is 1. The first-order chi connectivity index (χ1) is 8.19. The molecule has 17 heavy (non-hydrogen) atoms. The van der Waals surface area contributed by atoms with Gasteiger partial charge in [0.05, 0.1) is 6.10 Å². The summed E-state index contributed by atoms with van der Waals surface area (Å²) in [6, 6.07) is 7.93. The number of benzene rings is 1. The minimum Gasteiger partial charge on any atom is -0.387 e. The van der Waals surface area contributed by atoms with Gasteiger partial charge in [0, 0.05) is 23.2 Å². The topological polar surface area (TPSA) is 32.3 Å². The van der Waals surface area contributed by atoms with E-state index in [-0.39, 0.29) is 0 Å². The summed E-state index contributed by atoms with van der Waals surface area (Å²) >= 11 is 6.04. The molecule has 0 aliphatic heterocycles. The van der Waals surface area contributed by atoms with Crippen LogP contribution in [0.15, 0.2) is 24.3 Å². The fraction of sp³-hybridized carbons (Fsp3) is 0.571. The second-order valence-electron chi connectivity index (χ2n) is 4.34. The van der Waals surface area contributed by atoms with E-state index in [1.807, 2.05) is 24.3 Å². The molecule has 0 fully saturated rings. The molecule has 1 aromatic rings. The average Bonchev–Trinajstić information content (AvgIpc) is 2.34. The second-order valence-corrected chi connectivity index (χ2v) is 4.75. The zero-order chi connectivity index (χ0) is 12.7. The molecule has 0 aliphatic rings. The van der Waals surface area contributed by atoms with Gasteiger partial charge in [-0.3, -0.25) is 0 Å². The Labute approximate surface area is 109 Å². The molecule has 0 aliphatic carbocycles. The van der Waals surface area contributed by atoms with Gasteiger partial charge < -0.3 is 10.4 Å². The summed E-state index contributed by atoms with van der Waals surface area (Å²) in [6.45, 7) is 4.90. The van der Waals surface area contributed by atoms with Gasteiger partial charge in [0.2, 0.25) is 0 Å². The number of nitrogens with one attached hydrogen (secondary N) is 1. The lowest BCUT2D eigenvalue weighted by Gasteiger charge is -2.19. The van der Waals surface area contributed by atoms with Crippen LogP contribution in [0, 0.1) is 0 Å². The standard InChI is InChI=1S/C14H22ClNO/c1-3-7-11(4-2)16-10-14(17)12-8-5-6-9-13(12)15/h5-6,8-9,11,14,16-17H,3-4,7,10H2,1-2H3. The maximum Gasteiger partial charge on any atom is 0.0928 e. The molecule has 0 radical (unpaired) electrons. The van der Waals surface area contributed by atoms with E-state index < -0.39 is 6.10 Å². The Morgan fingerprint density at radius 1 is 1.29 bits per heavy atom. The molecule has 2 atom stereocenters. The van der Waals surface area contributed by atoms with Gasteiger partial charge in [-0.2, -0.15) is 0 Å². The molecule has 3 heteroatoms. The van der Waals surface area contributed by atoms with E-state index in [2.05, 4.69) is 19.2 Å². The van der Waals surface area contributed by atoms with Crippen molar-refractivity contribution in [3.05, 3.63) is 34.9 Å². The molecule has 0 saturated carbocycles. The van der Waals surface area contributed by atoms with Crippen LogP contribution in [0.1, 0.15) is 44.8 Å². The van der Waals surface area contributed by atoms with Crippen molar-refractivity contribution in [3.8, 4) is 0 Å². The van der Waals surface area contributed by atoms with E-state index in [0.29, 0.717) is 17.6 Å². The molecule has 0 heterocycles. The summed E-state index contributed by atoms with van der Waals surface area (Å²) in [5, 5.41) is 14.1. The molecular weight excluding hydrogens is 234 g/mol. The maximum atomic E-state index is 10.1. The van der Waals surface area contributed by atoms with Crippen LogP contribution in [0.25, 0.3) is 0 Å². The lowest BCUT2D eigenvalue weighted by Crippen LogP contribution is -2.32. The summed E-state index contributed by atoms with van der Waals surface area (Å²) in [4.78, 5) is 0. The van der Waals surface area contributed by atoms with Crippen molar-refractivity contribution in [2.75, 3.05) is 6.54 Å². The minimum atomic E-state index is -0.533.